The molecule has 2 aromatic carbocycles. The van der Waals surface area contributed by atoms with Crippen LogP contribution in [0.25, 0.3) is 10.8 Å². The van der Waals surface area contributed by atoms with Gasteiger partial charge in [0.05, 0.1) is 17.4 Å². The Bertz CT molecular complexity index is 1270. The zero-order chi connectivity index (χ0) is 25.2. The highest BCUT2D eigenvalue weighted by Crippen LogP contribution is 2.27. The summed E-state index contributed by atoms with van der Waals surface area (Å²) in [5, 5.41) is 11.1. The summed E-state index contributed by atoms with van der Waals surface area (Å²) in [6.45, 7) is 2.31. The molecule has 8 nitrogen and oxygen atoms in total. The number of fused-ring (bicyclic) bond motifs is 1. The molecule has 2 aliphatic rings. The van der Waals surface area contributed by atoms with Crippen LogP contribution in [0.2, 0.25) is 5.02 Å². The highest BCUT2D eigenvalue weighted by Gasteiger charge is 2.41. The minimum Gasteiger partial charge on any atom is -0.337 e. The smallest absolute Gasteiger partial charge is 0.245 e. The molecule has 2 amide bonds. The Balaban J connectivity index is 1.46. The van der Waals surface area contributed by atoms with Crippen LogP contribution in [0.4, 0.5) is 0 Å². The summed E-state index contributed by atoms with van der Waals surface area (Å²) in [5.74, 6) is -0.592. The second kappa shape index (κ2) is 10.5. The van der Waals surface area contributed by atoms with Gasteiger partial charge in [0.25, 0.3) is 0 Å². The molecule has 0 unspecified atom stereocenters. The average molecular weight is 517 g/mol. The van der Waals surface area contributed by atoms with Crippen molar-refractivity contribution in [2.24, 2.45) is 0 Å². The van der Waals surface area contributed by atoms with Crippen LogP contribution in [0.15, 0.2) is 41.3 Å². The van der Waals surface area contributed by atoms with E-state index < -0.39 is 28.0 Å². The largest absolute Gasteiger partial charge is 0.337 e. The fourth-order valence-electron chi connectivity index (χ4n) is 5.05. The van der Waals surface area contributed by atoms with Crippen molar-refractivity contribution in [3.05, 3.63) is 41.4 Å². The lowest BCUT2D eigenvalue weighted by Crippen LogP contribution is -2.52. The number of nitrogens with one attached hydrogen (secondary N) is 1. The fourth-order valence-corrected chi connectivity index (χ4v) is 6.48. The van der Waals surface area contributed by atoms with Crippen LogP contribution in [-0.2, 0) is 19.6 Å². The van der Waals surface area contributed by atoms with E-state index in [1.54, 1.807) is 42.2 Å². The highest BCUT2D eigenvalue weighted by molar-refractivity contribution is 7.89. The molecule has 2 fully saturated rings. The van der Waals surface area contributed by atoms with Crippen LogP contribution in [-0.4, -0.2) is 61.2 Å². The molecule has 1 aliphatic heterocycles. The van der Waals surface area contributed by atoms with Crippen molar-refractivity contribution in [1.29, 1.82) is 5.26 Å². The number of carbonyl (C=O) groups is 2. The van der Waals surface area contributed by atoms with Gasteiger partial charge in [0.2, 0.25) is 21.8 Å². The summed E-state index contributed by atoms with van der Waals surface area (Å²) in [7, 11) is -3.95. The minimum absolute atomic E-state index is 0.0617. The van der Waals surface area contributed by atoms with E-state index in [0.717, 1.165) is 36.5 Å². The highest BCUT2D eigenvalue weighted by atomic mass is 35.5. The Labute approximate surface area is 210 Å². The molecule has 2 atom stereocenters. The topological polar surface area (TPSA) is 111 Å². The molecule has 2 aromatic rings. The normalized spacial score (nSPS) is 19.7. The first-order chi connectivity index (χ1) is 16.7. The molecule has 0 aromatic heterocycles. The van der Waals surface area contributed by atoms with E-state index in [9.17, 15) is 18.0 Å². The first kappa shape index (κ1) is 25.4. The lowest BCUT2D eigenvalue weighted by molar-refractivity contribution is -0.144. The summed E-state index contributed by atoms with van der Waals surface area (Å²) in [6, 6.07) is 10.4. The monoisotopic (exact) mass is 516 g/mol. The first-order valence-corrected chi connectivity index (χ1v) is 13.8. The standard InChI is InChI=1S/C25H29ClN4O4S/c1-17(24(31)30(13-4-12-27)21-5-2-3-6-21)29-14-11-23(25(29)32)28-35(33,34)22-10-8-18-15-20(26)9-7-19(18)16-22/h7-10,15-17,21,23,28H,2-6,11,13-14H2,1H3/t17-,23-/m0/s1. The van der Waals surface area contributed by atoms with Gasteiger partial charge in [0.1, 0.15) is 12.1 Å². The number of carbonyl (C=O) groups excluding carboxylic acids is 2. The summed E-state index contributed by atoms with van der Waals surface area (Å²) in [4.78, 5) is 29.7. The average Bonchev–Trinajstić information content (AvgIpc) is 3.49. The molecular formula is C25H29ClN4O4S. The third-order valence-electron chi connectivity index (χ3n) is 6.96. The lowest BCUT2D eigenvalue weighted by Gasteiger charge is -2.34. The third-order valence-corrected chi connectivity index (χ3v) is 8.66. The van der Waals surface area contributed by atoms with Gasteiger partial charge in [-0.15, -0.1) is 0 Å². The Morgan fingerprint density at radius 2 is 1.89 bits per heavy atom. The van der Waals surface area contributed by atoms with Crippen molar-refractivity contribution < 1.29 is 18.0 Å². The van der Waals surface area contributed by atoms with E-state index >= 15 is 0 Å². The maximum absolute atomic E-state index is 13.3. The van der Waals surface area contributed by atoms with Crippen molar-refractivity contribution in [3.63, 3.8) is 0 Å². The van der Waals surface area contributed by atoms with Gasteiger partial charge in [-0.25, -0.2) is 8.42 Å². The number of sulfonamides is 1. The minimum atomic E-state index is -3.95. The first-order valence-electron chi connectivity index (χ1n) is 11.9. The lowest BCUT2D eigenvalue weighted by atomic mass is 10.1. The van der Waals surface area contributed by atoms with E-state index in [4.69, 9.17) is 16.9 Å². The van der Waals surface area contributed by atoms with Gasteiger partial charge >= 0.3 is 0 Å². The maximum Gasteiger partial charge on any atom is 0.245 e. The number of likely N-dealkylation sites (tertiary alicyclic amines) is 1. The third kappa shape index (κ3) is 5.45. The molecule has 0 radical (unpaired) electrons. The molecule has 1 aliphatic carbocycles. The van der Waals surface area contributed by atoms with Crippen LogP contribution in [0.1, 0.15) is 45.4 Å². The van der Waals surface area contributed by atoms with Gasteiger partial charge in [-0.3, -0.25) is 9.59 Å². The number of halogens is 1. The number of nitrogens with zero attached hydrogens (tertiary/aromatic N) is 3. The van der Waals surface area contributed by atoms with Crippen LogP contribution in [0.5, 0.6) is 0 Å². The van der Waals surface area contributed by atoms with Gasteiger partial charge in [-0.1, -0.05) is 36.6 Å². The predicted molar refractivity (Wildman–Crippen MR) is 133 cm³/mol. The molecule has 1 heterocycles. The van der Waals surface area contributed by atoms with Crippen molar-refractivity contribution in [1.82, 2.24) is 14.5 Å². The van der Waals surface area contributed by atoms with Crippen LogP contribution < -0.4 is 4.72 Å². The van der Waals surface area contributed by atoms with Crippen molar-refractivity contribution in [2.75, 3.05) is 13.1 Å². The number of nitriles is 1. The van der Waals surface area contributed by atoms with E-state index in [1.807, 2.05) is 0 Å². The Morgan fingerprint density at radius 1 is 1.20 bits per heavy atom. The van der Waals surface area contributed by atoms with E-state index in [1.165, 1.54) is 11.0 Å². The van der Waals surface area contributed by atoms with Gasteiger partial charge in [0.15, 0.2) is 0 Å². The number of hydrogen-bond donors (Lipinski definition) is 1. The SMILES string of the molecule is C[C@@H](C(=O)N(CCC#N)C1CCCC1)N1CC[C@H](NS(=O)(=O)c2ccc3cc(Cl)ccc3c2)C1=O. The zero-order valence-corrected chi connectivity index (χ0v) is 21.2. The van der Waals surface area contributed by atoms with Crippen LogP contribution >= 0.6 is 11.6 Å². The van der Waals surface area contributed by atoms with Gasteiger partial charge in [-0.2, -0.15) is 9.98 Å². The molecule has 1 saturated carbocycles. The molecule has 0 bridgehead atoms. The van der Waals surface area contributed by atoms with Crippen LogP contribution in [0, 0.1) is 11.3 Å². The van der Waals surface area contributed by atoms with Crippen molar-refractivity contribution >= 4 is 44.2 Å². The van der Waals surface area contributed by atoms with Crippen molar-refractivity contribution in [3.8, 4) is 6.07 Å². The Morgan fingerprint density at radius 3 is 2.60 bits per heavy atom. The molecule has 35 heavy (non-hydrogen) atoms. The molecule has 186 valence electrons. The summed E-state index contributed by atoms with van der Waals surface area (Å²) in [5.41, 5.74) is 0. The van der Waals surface area contributed by atoms with Gasteiger partial charge in [0, 0.05) is 24.2 Å². The number of benzene rings is 2. The van der Waals surface area contributed by atoms with E-state index in [-0.39, 0.29) is 36.2 Å². The fraction of sp³-hybridized carbons (Fsp3) is 0.480. The summed E-state index contributed by atoms with van der Waals surface area (Å²) < 4.78 is 28.6. The number of hydrogen-bond acceptors (Lipinski definition) is 5. The number of amides is 2. The quantitative estimate of drug-likeness (QED) is 0.577. The Hall–Kier alpha value is -2.67. The second-order valence-corrected chi connectivity index (χ2v) is 11.4. The van der Waals surface area contributed by atoms with Gasteiger partial charge < -0.3 is 9.80 Å². The molecule has 1 N–H and O–H groups in total. The van der Waals surface area contributed by atoms with Gasteiger partial charge in [-0.05, 0) is 61.2 Å². The molecule has 4 rings (SSSR count). The summed E-state index contributed by atoms with van der Waals surface area (Å²) in [6.07, 6.45) is 4.41. The molecule has 1 saturated heterocycles. The van der Waals surface area contributed by atoms with Crippen LogP contribution in [0.3, 0.4) is 0 Å². The maximum atomic E-state index is 13.3. The van der Waals surface area contributed by atoms with Crippen molar-refractivity contribution in [2.45, 2.75) is 68.5 Å². The Kier molecular flexibility index (Phi) is 7.64. The molecular weight excluding hydrogens is 488 g/mol. The second-order valence-electron chi connectivity index (χ2n) is 9.20. The van der Waals surface area contributed by atoms with E-state index in [2.05, 4.69) is 10.8 Å². The molecule has 10 heteroatoms. The summed E-state index contributed by atoms with van der Waals surface area (Å²) >= 11 is 6.01. The molecule has 0 spiro atoms. The van der Waals surface area contributed by atoms with E-state index in [0.29, 0.717) is 11.6 Å². The predicted octanol–water partition coefficient (Wildman–Crippen LogP) is 3.45. The zero-order valence-electron chi connectivity index (χ0n) is 19.6. The number of rotatable bonds is 8.